The van der Waals surface area contributed by atoms with Gasteiger partial charge in [0.05, 0.1) is 11.9 Å². The van der Waals surface area contributed by atoms with Crippen LogP contribution in [0.4, 0.5) is 0 Å². The molecule has 0 bridgehead atoms. The number of alkyl halides is 4. The van der Waals surface area contributed by atoms with E-state index in [-0.39, 0.29) is 23.1 Å². The molecule has 0 N–H and O–H groups in total. The van der Waals surface area contributed by atoms with Crippen LogP contribution in [0.15, 0.2) is 0 Å². The van der Waals surface area contributed by atoms with Crippen LogP contribution >= 0.6 is 46.4 Å². The maximum atomic E-state index is 9.32. The average molecular weight is 280 g/mol. The summed E-state index contributed by atoms with van der Waals surface area (Å²) in [7, 11) is 0. The second-order valence-electron chi connectivity index (χ2n) is 1.24. The summed E-state index contributed by atoms with van der Waals surface area (Å²) in [6.45, 7) is 0. The van der Waals surface area contributed by atoms with Gasteiger partial charge in [0.1, 0.15) is 9.67 Å². The monoisotopic (exact) mass is 278 g/mol. The number of carboxylic acids is 2. The van der Waals surface area contributed by atoms with Gasteiger partial charge in [0.15, 0.2) is 0 Å². The molecule has 0 aromatic carbocycles. The van der Waals surface area contributed by atoms with Crippen LogP contribution in [-0.2, 0) is 9.59 Å². The molecule has 0 aliphatic carbocycles. The third-order valence-electron chi connectivity index (χ3n) is 0.356. The molecule has 0 radical (unpaired) electrons. The zero-order valence-electron chi connectivity index (χ0n) is 6.01. The molecular weight excluding hydrogens is 278 g/mol. The van der Waals surface area contributed by atoms with Gasteiger partial charge < -0.3 is 19.8 Å². The first-order valence-corrected chi connectivity index (χ1v) is 4.01. The number of hydrogen-bond donors (Lipinski definition) is 0. The van der Waals surface area contributed by atoms with Gasteiger partial charge in [-0.25, -0.2) is 0 Å². The molecule has 0 aromatic rings. The molecule has 0 aromatic heterocycles. The summed E-state index contributed by atoms with van der Waals surface area (Å²) < 4.78 is 0. The molecule has 0 spiro atoms. The summed E-state index contributed by atoms with van der Waals surface area (Å²) in [5.74, 6) is -2.92. The van der Waals surface area contributed by atoms with Crippen LogP contribution in [0, 0.1) is 0 Å². The summed E-state index contributed by atoms with van der Waals surface area (Å²) in [5, 5.41) is 18.6. The van der Waals surface area contributed by atoms with E-state index in [0.717, 1.165) is 0 Å². The van der Waals surface area contributed by atoms with Gasteiger partial charge in [0.2, 0.25) is 0 Å². The predicted octanol–water partition coefficient (Wildman–Crippen LogP) is -1.30. The Kier molecular flexibility index (Phi) is 16.4. The third kappa shape index (κ3) is 19.3. The largest absolute Gasteiger partial charge is 2.00 e. The van der Waals surface area contributed by atoms with Gasteiger partial charge in [-0.05, 0) is 0 Å². The number of hydrogen-bond acceptors (Lipinski definition) is 4. The molecule has 4 nitrogen and oxygen atoms in total. The van der Waals surface area contributed by atoms with Crippen molar-refractivity contribution in [3.63, 3.8) is 0 Å². The molecule has 0 heterocycles. The summed E-state index contributed by atoms with van der Waals surface area (Å²) in [4.78, 5) is 15.9. The maximum absolute atomic E-state index is 9.32. The SMILES string of the molecule is O=C([O-])C(Cl)Cl.O=C([O-])C(Cl)Cl.[Mg+2]. The quantitative estimate of drug-likeness (QED) is 0.465. The van der Waals surface area contributed by atoms with Crippen LogP contribution in [0.25, 0.3) is 0 Å². The van der Waals surface area contributed by atoms with Gasteiger partial charge in [0, 0.05) is 0 Å². The molecule has 0 saturated carbocycles. The molecule has 0 saturated heterocycles. The zero-order valence-corrected chi connectivity index (χ0v) is 10.4. The number of rotatable bonds is 2. The first kappa shape index (κ1) is 19.4. The fourth-order valence-electron chi connectivity index (χ4n) is 0. The predicted molar refractivity (Wildman–Crippen MR) is 46.8 cm³/mol. The number of aliphatic carboxylic acids is 2. The first-order valence-electron chi connectivity index (χ1n) is 2.27. The summed E-state index contributed by atoms with van der Waals surface area (Å²) in [5.41, 5.74) is 0. The number of halogens is 4. The van der Waals surface area contributed by atoms with E-state index in [1.54, 1.807) is 0 Å². The molecule has 0 aliphatic heterocycles. The Balaban J connectivity index is -0.000000143. The number of carbonyl (C=O) groups is 2. The Bertz CT molecular complexity index is 144. The van der Waals surface area contributed by atoms with E-state index in [2.05, 4.69) is 0 Å². The number of carbonyl (C=O) groups excluding carboxylic acids is 2. The fourth-order valence-corrected chi connectivity index (χ4v) is 0. The Morgan fingerprint density at radius 1 is 0.846 bits per heavy atom. The van der Waals surface area contributed by atoms with Gasteiger partial charge in [-0.15, -0.1) is 0 Å². The van der Waals surface area contributed by atoms with Crippen LogP contribution in [0.3, 0.4) is 0 Å². The topological polar surface area (TPSA) is 80.3 Å². The Morgan fingerprint density at radius 2 is 0.923 bits per heavy atom. The first-order chi connectivity index (χ1) is 5.29. The van der Waals surface area contributed by atoms with Gasteiger partial charge in [-0.3, -0.25) is 0 Å². The minimum atomic E-state index is -1.46. The zero-order chi connectivity index (χ0) is 10.3. The molecule has 0 fully saturated rings. The van der Waals surface area contributed by atoms with Crippen molar-refractivity contribution >= 4 is 81.4 Å². The van der Waals surface area contributed by atoms with E-state index in [1.807, 2.05) is 0 Å². The van der Waals surface area contributed by atoms with Gasteiger partial charge in [-0.2, -0.15) is 0 Å². The van der Waals surface area contributed by atoms with Crippen molar-refractivity contribution in [2.75, 3.05) is 0 Å². The van der Waals surface area contributed by atoms with Crippen molar-refractivity contribution in [1.29, 1.82) is 0 Å². The van der Waals surface area contributed by atoms with E-state index < -0.39 is 21.6 Å². The van der Waals surface area contributed by atoms with Crippen molar-refractivity contribution in [2.45, 2.75) is 9.67 Å². The molecule has 0 atom stereocenters. The average Bonchev–Trinajstić information content (AvgIpc) is 1.88. The molecule has 72 valence electrons. The van der Waals surface area contributed by atoms with E-state index in [1.165, 1.54) is 0 Å². The second-order valence-corrected chi connectivity index (χ2v) is 3.43. The third-order valence-corrected chi connectivity index (χ3v) is 1.07. The minimum absolute atomic E-state index is 0. The molecule has 9 heteroatoms. The van der Waals surface area contributed by atoms with Crippen molar-refractivity contribution in [3.05, 3.63) is 0 Å². The normalized spacial score (nSPS) is 8.46. The van der Waals surface area contributed by atoms with Gasteiger partial charge in [0.25, 0.3) is 0 Å². The minimum Gasteiger partial charge on any atom is -0.547 e. The molecule has 0 rings (SSSR count). The van der Waals surface area contributed by atoms with Crippen molar-refractivity contribution in [2.24, 2.45) is 0 Å². The van der Waals surface area contributed by atoms with E-state index in [4.69, 9.17) is 46.4 Å². The maximum Gasteiger partial charge on any atom is 2.00 e. The molecular formula is C4H2Cl4MgO4. The van der Waals surface area contributed by atoms with Crippen LogP contribution in [0.1, 0.15) is 0 Å². The number of carboxylic acid groups (broad SMARTS) is 2. The fraction of sp³-hybridized carbons (Fsp3) is 0.500. The van der Waals surface area contributed by atoms with Crippen LogP contribution < -0.4 is 10.2 Å². The Hall–Kier alpha value is 0.866. The molecule has 0 unspecified atom stereocenters. The van der Waals surface area contributed by atoms with Crippen LogP contribution in [0.2, 0.25) is 0 Å². The van der Waals surface area contributed by atoms with E-state index in [0.29, 0.717) is 0 Å². The van der Waals surface area contributed by atoms with Gasteiger partial charge >= 0.3 is 23.1 Å². The standard InChI is InChI=1S/2C2H2Cl2O2.Mg/c2*3-1(4)2(5)6;/h2*1H,(H,5,6);/q;;+2/p-2. The van der Waals surface area contributed by atoms with Crippen molar-refractivity contribution in [3.8, 4) is 0 Å². The van der Waals surface area contributed by atoms with Crippen molar-refractivity contribution in [1.82, 2.24) is 0 Å². The molecule has 0 amide bonds. The second kappa shape index (κ2) is 10.9. The summed E-state index contributed by atoms with van der Waals surface area (Å²) in [6.07, 6.45) is 0. The van der Waals surface area contributed by atoms with E-state index >= 15 is 0 Å². The summed E-state index contributed by atoms with van der Waals surface area (Å²) >= 11 is 18.9. The summed E-state index contributed by atoms with van der Waals surface area (Å²) in [6, 6.07) is 0. The molecule has 0 aliphatic rings. The molecule has 13 heavy (non-hydrogen) atoms. The Labute approximate surface area is 110 Å². The smallest absolute Gasteiger partial charge is 0.547 e. The van der Waals surface area contributed by atoms with Gasteiger partial charge in [-0.1, -0.05) is 46.4 Å². The van der Waals surface area contributed by atoms with E-state index in [9.17, 15) is 19.8 Å². The van der Waals surface area contributed by atoms with Crippen LogP contribution in [-0.4, -0.2) is 44.7 Å². The van der Waals surface area contributed by atoms with Crippen molar-refractivity contribution < 1.29 is 19.8 Å². The van der Waals surface area contributed by atoms with Crippen LogP contribution in [0.5, 0.6) is 0 Å². The Morgan fingerprint density at radius 3 is 0.923 bits per heavy atom.